The molecule has 0 radical (unpaired) electrons. The van der Waals surface area contributed by atoms with E-state index in [1.54, 1.807) is 12.1 Å². The van der Waals surface area contributed by atoms with E-state index in [0.717, 1.165) is 22.1 Å². The highest BCUT2D eigenvalue weighted by atomic mass is 35.5. The number of benzene rings is 1. The normalized spacial score (nSPS) is 11.0. The van der Waals surface area contributed by atoms with Crippen molar-refractivity contribution in [3.63, 3.8) is 0 Å². The zero-order valence-electron chi connectivity index (χ0n) is 11.5. The first-order valence-corrected chi connectivity index (χ1v) is 7.10. The Labute approximate surface area is 130 Å². The predicted octanol–water partition coefficient (Wildman–Crippen LogP) is 3.09. The lowest BCUT2D eigenvalue weighted by atomic mass is 10.1. The van der Waals surface area contributed by atoms with Crippen LogP contribution in [-0.2, 0) is 13.0 Å². The lowest BCUT2D eigenvalue weighted by Gasteiger charge is -1.99. The molecule has 6 nitrogen and oxygen atoms in total. The van der Waals surface area contributed by atoms with Crippen molar-refractivity contribution < 1.29 is 14.0 Å². The molecule has 0 fully saturated rings. The van der Waals surface area contributed by atoms with Gasteiger partial charge >= 0.3 is 5.76 Å². The van der Waals surface area contributed by atoms with Gasteiger partial charge in [-0.15, -0.1) is 0 Å². The Hall–Kier alpha value is -2.47. The van der Waals surface area contributed by atoms with Crippen molar-refractivity contribution in [2.75, 3.05) is 0 Å². The van der Waals surface area contributed by atoms with Gasteiger partial charge in [0.1, 0.15) is 11.5 Å². The largest absolute Gasteiger partial charge is 0.492 e. The molecule has 0 amide bonds. The van der Waals surface area contributed by atoms with Gasteiger partial charge in [0, 0.05) is 29.6 Å². The molecule has 2 aromatic heterocycles. The zero-order chi connectivity index (χ0) is 15.5. The zero-order valence-corrected chi connectivity index (χ0v) is 12.3. The minimum Gasteiger partial charge on any atom is -0.492 e. The third-order valence-electron chi connectivity index (χ3n) is 3.27. The summed E-state index contributed by atoms with van der Waals surface area (Å²) in [5.41, 5.74) is 1.65. The van der Waals surface area contributed by atoms with Crippen LogP contribution in [0, 0.1) is 0 Å². The molecular weight excluding hydrogens is 308 g/mol. The van der Waals surface area contributed by atoms with Gasteiger partial charge in [-0.1, -0.05) is 28.9 Å². The maximum Gasteiger partial charge on any atom is 0.421 e. The van der Waals surface area contributed by atoms with E-state index in [0.29, 0.717) is 30.2 Å². The van der Waals surface area contributed by atoms with Crippen LogP contribution < -0.4 is 5.76 Å². The minimum absolute atomic E-state index is 0.176. The second-order valence-corrected chi connectivity index (χ2v) is 5.24. The molecule has 0 unspecified atom stereocenters. The van der Waals surface area contributed by atoms with Crippen LogP contribution in [0.3, 0.4) is 0 Å². The highest BCUT2D eigenvalue weighted by molar-refractivity contribution is 6.30. The quantitative estimate of drug-likeness (QED) is 0.781. The summed E-state index contributed by atoms with van der Waals surface area (Å²) in [6.45, 7) is 0.345. The van der Waals surface area contributed by atoms with Crippen molar-refractivity contribution in [2.24, 2.45) is 0 Å². The summed E-state index contributed by atoms with van der Waals surface area (Å²) in [5, 5.41) is 14.1. The van der Waals surface area contributed by atoms with Gasteiger partial charge in [-0.25, -0.2) is 9.36 Å². The van der Waals surface area contributed by atoms with Gasteiger partial charge in [0.25, 0.3) is 0 Å². The average Bonchev–Trinajstić information content (AvgIpc) is 3.10. The monoisotopic (exact) mass is 320 g/mol. The fourth-order valence-electron chi connectivity index (χ4n) is 2.13. The number of hydrogen-bond acceptors (Lipinski definition) is 5. The van der Waals surface area contributed by atoms with Gasteiger partial charge in [-0.3, -0.25) is 0 Å². The summed E-state index contributed by atoms with van der Waals surface area (Å²) in [7, 11) is 0. The molecular formula is C15H13ClN2O4. The van der Waals surface area contributed by atoms with E-state index in [4.69, 9.17) is 16.1 Å². The summed E-state index contributed by atoms with van der Waals surface area (Å²) in [6, 6.07) is 9.17. The van der Waals surface area contributed by atoms with Gasteiger partial charge in [0.2, 0.25) is 5.88 Å². The van der Waals surface area contributed by atoms with Crippen molar-refractivity contribution in [3.8, 4) is 17.1 Å². The minimum atomic E-state index is -0.572. The van der Waals surface area contributed by atoms with Crippen LogP contribution in [0.15, 0.2) is 50.3 Å². The molecule has 7 heteroatoms. The number of aromatic nitrogens is 2. The van der Waals surface area contributed by atoms with Crippen molar-refractivity contribution >= 4 is 11.6 Å². The number of rotatable bonds is 5. The Morgan fingerprint density at radius 1 is 1.27 bits per heavy atom. The van der Waals surface area contributed by atoms with Crippen molar-refractivity contribution in [2.45, 2.75) is 19.4 Å². The first-order valence-electron chi connectivity index (χ1n) is 6.72. The van der Waals surface area contributed by atoms with E-state index in [2.05, 4.69) is 9.57 Å². The van der Waals surface area contributed by atoms with Gasteiger partial charge in [0.05, 0.1) is 0 Å². The molecule has 0 aliphatic rings. The average molecular weight is 321 g/mol. The number of hydrogen-bond donors (Lipinski definition) is 1. The maximum atomic E-state index is 11.3. The second kappa shape index (κ2) is 6.11. The summed E-state index contributed by atoms with van der Waals surface area (Å²) >= 11 is 5.85. The van der Waals surface area contributed by atoms with E-state index in [9.17, 15) is 9.90 Å². The molecule has 3 rings (SSSR count). The molecule has 22 heavy (non-hydrogen) atoms. The Kier molecular flexibility index (Phi) is 4.02. The van der Waals surface area contributed by atoms with Gasteiger partial charge in [0.15, 0.2) is 6.26 Å². The molecule has 3 aromatic rings. The molecule has 0 atom stereocenters. The first-order chi connectivity index (χ1) is 10.6. The van der Waals surface area contributed by atoms with E-state index in [1.807, 2.05) is 18.2 Å². The third kappa shape index (κ3) is 3.07. The van der Waals surface area contributed by atoms with Gasteiger partial charge in [-0.05, 0) is 18.6 Å². The maximum absolute atomic E-state index is 11.3. The summed E-state index contributed by atoms with van der Waals surface area (Å²) in [4.78, 5) is 11.3. The molecule has 0 aliphatic heterocycles. The number of halogens is 1. The fraction of sp³-hybridized carbons (Fsp3) is 0.200. The number of nitrogens with zero attached hydrogens (tertiary/aromatic N) is 2. The van der Waals surface area contributed by atoms with Crippen LogP contribution in [-0.4, -0.2) is 14.8 Å². The lowest BCUT2D eigenvalue weighted by Crippen LogP contribution is -2.14. The molecule has 2 heterocycles. The van der Waals surface area contributed by atoms with E-state index < -0.39 is 5.76 Å². The van der Waals surface area contributed by atoms with E-state index in [1.165, 1.54) is 0 Å². The summed E-state index contributed by atoms with van der Waals surface area (Å²) in [6.07, 6.45) is 2.23. The first kappa shape index (κ1) is 14.5. The fourth-order valence-corrected chi connectivity index (χ4v) is 2.25. The highest BCUT2D eigenvalue weighted by Crippen LogP contribution is 2.22. The standard InChI is InChI=1S/C15H13ClN2O4/c16-11-5-3-10(4-6-11)13-8-12(22-17-13)2-1-7-18-14(19)9-21-15(18)20/h3-6,8-9,19H,1-2,7H2. The van der Waals surface area contributed by atoms with Crippen molar-refractivity contribution in [3.05, 3.63) is 57.9 Å². The van der Waals surface area contributed by atoms with Crippen LogP contribution in [0.25, 0.3) is 11.3 Å². The Bertz CT molecular complexity index is 817. The van der Waals surface area contributed by atoms with Crippen LogP contribution in [0.1, 0.15) is 12.2 Å². The SMILES string of the molecule is O=c1occ(O)n1CCCc1cc(-c2ccc(Cl)cc2)no1. The van der Waals surface area contributed by atoms with E-state index in [-0.39, 0.29) is 5.88 Å². The summed E-state index contributed by atoms with van der Waals surface area (Å²) < 4.78 is 11.0. The lowest BCUT2D eigenvalue weighted by molar-refractivity contribution is 0.371. The molecule has 1 aromatic carbocycles. The Balaban J connectivity index is 1.62. The van der Waals surface area contributed by atoms with E-state index >= 15 is 0 Å². The highest BCUT2D eigenvalue weighted by Gasteiger charge is 2.09. The van der Waals surface area contributed by atoms with Gasteiger partial charge in [-0.2, -0.15) is 0 Å². The molecule has 0 aliphatic carbocycles. The third-order valence-corrected chi connectivity index (χ3v) is 3.52. The smallest absolute Gasteiger partial charge is 0.421 e. The molecule has 0 spiro atoms. The Morgan fingerprint density at radius 2 is 2.05 bits per heavy atom. The van der Waals surface area contributed by atoms with Crippen molar-refractivity contribution in [1.82, 2.24) is 9.72 Å². The second-order valence-electron chi connectivity index (χ2n) is 4.80. The number of aromatic hydroxyl groups is 1. The molecule has 0 saturated heterocycles. The molecule has 0 bridgehead atoms. The van der Waals surface area contributed by atoms with Crippen LogP contribution in [0.2, 0.25) is 5.02 Å². The predicted molar refractivity (Wildman–Crippen MR) is 79.9 cm³/mol. The summed E-state index contributed by atoms with van der Waals surface area (Å²) in [5.74, 6) is -0.0395. The van der Waals surface area contributed by atoms with Gasteiger partial charge < -0.3 is 14.0 Å². The topological polar surface area (TPSA) is 81.4 Å². The van der Waals surface area contributed by atoms with Crippen LogP contribution >= 0.6 is 11.6 Å². The number of aryl methyl sites for hydroxylation is 1. The molecule has 114 valence electrons. The number of oxazole rings is 1. The van der Waals surface area contributed by atoms with Crippen LogP contribution in [0.5, 0.6) is 5.88 Å². The molecule has 0 saturated carbocycles. The molecule has 1 N–H and O–H groups in total. The van der Waals surface area contributed by atoms with Crippen LogP contribution in [0.4, 0.5) is 0 Å². The Morgan fingerprint density at radius 3 is 2.73 bits per heavy atom. The van der Waals surface area contributed by atoms with Crippen molar-refractivity contribution in [1.29, 1.82) is 0 Å².